The number of nitrogens with one attached hydrogen (secondary N) is 1. The molecule has 1 N–H and O–H groups in total. The molecule has 0 spiro atoms. The number of aromatic nitrogens is 1. The van der Waals surface area contributed by atoms with E-state index in [0.717, 1.165) is 16.5 Å². The van der Waals surface area contributed by atoms with Gasteiger partial charge >= 0.3 is 6.09 Å². The number of amides is 2. The van der Waals surface area contributed by atoms with Crippen LogP contribution in [0.5, 0.6) is 0 Å². The molecule has 22 heavy (non-hydrogen) atoms. The zero-order valence-electron chi connectivity index (χ0n) is 12.3. The molecule has 2 aliphatic rings. The SMILES string of the molecule is Cc1c(C(=O)N2CCN3C(=O)OC[C@H]3C2)[nH]c2ccccc12. The average molecular weight is 299 g/mol. The fourth-order valence-corrected chi connectivity index (χ4v) is 3.33. The van der Waals surface area contributed by atoms with Crippen LogP contribution in [-0.2, 0) is 4.74 Å². The molecule has 4 rings (SSSR count). The van der Waals surface area contributed by atoms with Crippen molar-refractivity contribution in [3.05, 3.63) is 35.5 Å². The number of piperazine rings is 1. The van der Waals surface area contributed by atoms with Crippen molar-refractivity contribution in [1.29, 1.82) is 0 Å². The molecule has 2 amide bonds. The van der Waals surface area contributed by atoms with E-state index in [1.54, 1.807) is 9.80 Å². The Hall–Kier alpha value is -2.50. The van der Waals surface area contributed by atoms with Gasteiger partial charge in [0.25, 0.3) is 5.91 Å². The summed E-state index contributed by atoms with van der Waals surface area (Å²) in [6, 6.07) is 7.89. The quantitative estimate of drug-likeness (QED) is 0.872. The normalized spacial score (nSPS) is 21.1. The minimum Gasteiger partial charge on any atom is -0.447 e. The van der Waals surface area contributed by atoms with Crippen molar-refractivity contribution in [1.82, 2.24) is 14.8 Å². The van der Waals surface area contributed by atoms with Crippen molar-refractivity contribution < 1.29 is 14.3 Å². The molecule has 0 radical (unpaired) electrons. The molecule has 0 aliphatic carbocycles. The number of aryl methyl sites for hydroxylation is 1. The maximum absolute atomic E-state index is 12.8. The van der Waals surface area contributed by atoms with Crippen molar-refractivity contribution in [2.45, 2.75) is 13.0 Å². The highest BCUT2D eigenvalue weighted by Crippen LogP contribution is 2.24. The summed E-state index contributed by atoms with van der Waals surface area (Å²) in [4.78, 5) is 31.1. The number of nitrogens with zero attached hydrogens (tertiary/aromatic N) is 2. The molecule has 6 heteroatoms. The smallest absolute Gasteiger partial charge is 0.410 e. The van der Waals surface area contributed by atoms with Gasteiger partial charge in [0.05, 0.1) is 6.04 Å². The first-order valence-electron chi connectivity index (χ1n) is 7.45. The number of ether oxygens (including phenoxy) is 1. The standard InChI is InChI=1S/C16H17N3O3/c1-10-12-4-2-3-5-13(12)17-14(10)15(20)18-6-7-19-11(8-18)9-22-16(19)21/h2-5,11,17H,6-9H2,1H3/t11-/m1/s1. The molecule has 0 bridgehead atoms. The zero-order chi connectivity index (χ0) is 15.3. The number of rotatable bonds is 1. The van der Waals surface area contributed by atoms with Gasteiger partial charge in [-0.1, -0.05) is 18.2 Å². The number of benzene rings is 1. The number of cyclic esters (lactones) is 1. The van der Waals surface area contributed by atoms with Gasteiger partial charge in [0, 0.05) is 30.5 Å². The Kier molecular flexibility index (Phi) is 2.85. The second kappa shape index (κ2) is 4.76. The van der Waals surface area contributed by atoms with E-state index in [-0.39, 0.29) is 18.0 Å². The second-order valence-corrected chi connectivity index (χ2v) is 5.85. The van der Waals surface area contributed by atoms with Crippen molar-refractivity contribution in [2.24, 2.45) is 0 Å². The first kappa shape index (κ1) is 13.2. The maximum atomic E-state index is 12.8. The number of fused-ring (bicyclic) bond motifs is 2. The lowest BCUT2D eigenvalue weighted by atomic mass is 10.1. The number of carbonyl (C=O) groups excluding carboxylic acids is 2. The summed E-state index contributed by atoms with van der Waals surface area (Å²) in [5.41, 5.74) is 2.59. The van der Waals surface area contributed by atoms with Crippen LogP contribution >= 0.6 is 0 Å². The minimum absolute atomic E-state index is 0.00676. The van der Waals surface area contributed by atoms with Gasteiger partial charge in [-0.05, 0) is 18.6 Å². The van der Waals surface area contributed by atoms with Crippen LogP contribution in [0.2, 0.25) is 0 Å². The molecule has 2 saturated heterocycles. The Morgan fingerprint density at radius 3 is 2.95 bits per heavy atom. The highest BCUT2D eigenvalue weighted by atomic mass is 16.6. The van der Waals surface area contributed by atoms with Crippen molar-refractivity contribution in [2.75, 3.05) is 26.2 Å². The summed E-state index contributed by atoms with van der Waals surface area (Å²) in [5.74, 6) is -0.00676. The van der Waals surface area contributed by atoms with Gasteiger partial charge in [0.2, 0.25) is 0 Å². The van der Waals surface area contributed by atoms with Gasteiger partial charge in [0.1, 0.15) is 12.3 Å². The fourth-order valence-electron chi connectivity index (χ4n) is 3.33. The first-order valence-corrected chi connectivity index (χ1v) is 7.45. The van der Waals surface area contributed by atoms with Crippen molar-refractivity contribution in [3.8, 4) is 0 Å². The summed E-state index contributed by atoms with van der Waals surface area (Å²) in [7, 11) is 0. The first-order chi connectivity index (χ1) is 10.6. The summed E-state index contributed by atoms with van der Waals surface area (Å²) in [5, 5.41) is 1.07. The predicted molar refractivity (Wildman–Crippen MR) is 80.8 cm³/mol. The summed E-state index contributed by atoms with van der Waals surface area (Å²) in [6.07, 6.45) is -0.265. The summed E-state index contributed by atoms with van der Waals surface area (Å²) in [6.45, 7) is 3.94. The Morgan fingerprint density at radius 1 is 1.32 bits per heavy atom. The molecular weight excluding hydrogens is 282 g/mol. The second-order valence-electron chi connectivity index (χ2n) is 5.85. The number of aromatic amines is 1. The topological polar surface area (TPSA) is 65.6 Å². The number of hydrogen-bond donors (Lipinski definition) is 1. The molecular formula is C16H17N3O3. The van der Waals surface area contributed by atoms with E-state index in [1.807, 2.05) is 31.2 Å². The fraction of sp³-hybridized carbons (Fsp3) is 0.375. The van der Waals surface area contributed by atoms with Crippen LogP contribution in [0.4, 0.5) is 4.79 Å². The monoisotopic (exact) mass is 299 g/mol. The lowest BCUT2D eigenvalue weighted by Crippen LogP contribution is -2.53. The molecule has 2 fully saturated rings. The van der Waals surface area contributed by atoms with E-state index in [4.69, 9.17) is 4.74 Å². The lowest BCUT2D eigenvalue weighted by molar-refractivity contribution is 0.0611. The Morgan fingerprint density at radius 2 is 2.14 bits per heavy atom. The van der Waals surface area contributed by atoms with Crippen LogP contribution < -0.4 is 0 Å². The third kappa shape index (κ3) is 1.87. The Bertz CT molecular complexity index is 767. The van der Waals surface area contributed by atoms with E-state index >= 15 is 0 Å². The van der Waals surface area contributed by atoms with Crippen LogP contribution in [0, 0.1) is 6.92 Å². The average Bonchev–Trinajstić information content (AvgIpc) is 3.08. The molecule has 2 aromatic rings. The van der Waals surface area contributed by atoms with Gasteiger partial charge in [-0.25, -0.2) is 4.79 Å². The van der Waals surface area contributed by atoms with Gasteiger partial charge in [-0.3, -0.25) is 9.69 Å². The van der Waals surface area contributed by atoms with Crippen LogP contribution in [0.1, 0.15) is 16.1 Å². The molecule has 0 saturated carbocycles. The molecule has 1 aromatic heterocycles. The third-order valence-electron chi connectivity index (χ3n) is 4.58. The minimum atomic E-state index is -0.265. The van der Waals surface area contributed by atoms with Crippen LogP contribution in [0.3, 0.4) is 0 Å². The number of para-hydroxylation sites is 1. The molecule has 1 aromatic carbocycles. The Labute approximate surface area is 127 Å². The maximum Gasteiger partial charge on any atom is 0.410 e. The lowest BCUT2D eigenvalue weighted by Gasteiger charge is -2.35. The molecule has 3 heterocycles. The van der Waals surface area contributed by atoms with Gasteiger partial charge in [0.15, 0.2) is 0 Å². The van der Waals surface area contributed by atoms with Crippen molar-refractivity contribution >= 4 is 22.9 Å². The zero-order valence-corrected chi connectivity index (χ0v) is 12.3. The summed E-state index contributed by atoms with van der Waals surface area (Å²) >= 11 is 0. The van der Waals surface area contributed by atoms with E-state index in [1.165, 1.54) is 0 Å². The summed E-state index contributed by atoms with van der Waals surface area (Å²) < 4.78 is 5.05. The van der Waals surface area contributed by atoms with E-state index < -0.39 is 0 Å². The number of carbonyl (C=O) groups is 2. The van der Waals surface area contributed by atoms with Crippen LogP contribution in [0.25, 0.3) is 10.9 Å². The number of H-pyrrole nitrogens is 1. The van der Waals surface area contributed by atoms with E-state index in [2.05, 4.69) is 4.98 Å². The van der Waals surface area contributed by atoms with E-state index in [9.17, 15) is 9.59 Å². The van der Waals surface area contributed by atoms with E-state index in [0.29, 0.717) is 31.9 Å². The molecule has 6 nitrogen and oxygen atoms in total. The Balaban J connectivity index is 1.61. The van der Waals surface area contributed by atoms with Crippen molar-refractivity contribution in [3.63, 3.8) is 0 Å². The predicted octanol–water partition coefficient (Wildman–Crippen LogP) is 1.75. The van der Waals surface area contributed by atoms with Gasteiger partial charge < -0.3 is 14.6 Å². The van der Waals surface area contributed by atoms with Gasteiger partial charge in [-0.2, -0.15) is 0 Å². The van der Waals surface area contributed by atoms with Gasteiger partial charge in [-0.15, -0.1) is 0 Å². The number of hydrogen-bond acceptors (Lipinski definition) is 3. The molecule has 2 aliphatic heterocycles. The molecule has 114 valence electrons. The molecule has 0 unspecified atom stereocenters. The highest BCUT2D eigenvalue weighted by molar-refractivity contribution is 6.01. The van der Waals surface area contributed by atoms with Crippen LogP contribution in [0.15, 0.2) is 24.3 Å². The largest absolute Gasteiger partial charge is 0.447 e. The van der Waals surface area contributed by atoms with Crippen LogP contribution in [-0.4, -0.2) is 59.1 Å². The molecule has 1 atom stereocenters. The highest BCUT2D eigenvalue weighted by Gasteiger charge is 2.39. The third-order valence-corrected chi connectivity index (χ3v) is 4.58.